The fourth-order valence-electron chi connectivity index (χ4n) is 1.52. The molecule has 2 rings (SSSR count). The van der Waals surface area contributed by atoms with Gasteiger partial charge in [0.05, 0.1) is 11.6 Å². The lowest BCUT2D eigenvalue weighted by Crippen LogP contribution is -2.18. The fraction of sp³-hybridized carbons (Fsp3) is 0.364. The third kappa shape index (κ3) is 3.10. The van der Waals surface area contributed by atoms with E-state index in [1.165, 1.54) is 6.07 Å². The van der Waals surface area contributed by atoms with Gasteiger partial charge in [0, 0.05) is 17.9 Å². The number of benzene rings is 1. The van der Waals surface area contributed by atoms with Crippen LogP contribution in [0.1, 0.15) is 17.6 Å². The van der Waals surface area contributed by atoms with Crippen LogP contribution in [0.2, 0.25) is 5.02 Å². The molecule has 1 heterocycles. The van der Waals surface area contributed by atoms with Gasteiger partial charge in [0.15, 0.2) is 5.17 Å². The highest BCUT2D eigenvalue weighted by Gasteiger charge is 2.15. The minimum Gasteiger partial charge on any atom is -0.361 e. The number of rotatable bonds is 3. The summed E-state index contributed by atoms with van der Waals surface area (Å²) in [4.78, 5) is 4.22. The zero-order valence-corrected chi connectivity index (χ0v) is 10.5. The Labute approximate surface area is 107 Å². The molecule has 0 spiro atoms. The molecule has 0 amide bonds. The number of amidine groups is 1. The molecule has 2 nitrogen and oxygen atoms in total. The lowest BCUT2D eigenvalue weighted by atomic mass is 10.1. The van der Waals surface area contributed by atoms with E-state index in [0.29, 0.717) is 12.1 Å². The number of hydrogen-bond acceptors (Lipinski definition) is 3. The lowest BCUT2D eigenvalue weighted by molar-refractivity contribution is 0.151. The van der Waals surface area contributed by atoms with Crippen LogP contribution in [0.3, 0.4) is 0 Å². The Balaban J connectivity index is 2.07. The fourth-order valence-corrected chi connectivity index (χ4v) is 2.53. The third-order valence-electron chi connectivity index (χ3n) is 2.36. The van der Waals surface area contributed by atoms with Crippen molar-refractivity contribution >= 4 is 28.5 Å². The van der Waals surface area contributed by atoms with E-state index in [4.69, 9.17) is 11.6 Å². The normalized spacial score (nSPS) is 15.2. The molecular weight excluding hydrogens is 266 g/mol. The van der Waals surface area contributed by atoms with Gasteiger partial charge in [-0.1, -0.05) is 41.6 Å². The molecule has 1 aromatic rings. The molecule has 92 valence electrons. The van der Waals surface area contributed by atoms with Crippen LogP contribution in [0.15, 0.2) is 23.2 Å². The summed E-state index contributed by atoms with van der Waals surface area (Å²) in [6.45, 7) is 1.23. The van der Waals surface area contributed by atoms with Gasteiger partial charge in [-0.2, -0.15) is 0 Å². The first-order valence-corrected chi connectivity index (χ1v) is 6.51. The molecule has 0 aromatic heterocycles. The second-order valence-corrected chi connectivity index (χ2v) is 4.97. The number of thioether (sulfide) groups is 1. The molecule has 1 aromatic carbocycles. The quantitative estimate of drug-likeness (QED) is 0.914. The maximum Gasteiger partial charge on any atom is 0.265 e. The van der Waals surface area contributed by atoms with E-state index in [9.17, 15) is 8.78 Å². The standard InChI is InChI=1S/C11H11ClF2N2S/c12-9-7(2-1-3-8(9)10(13)14)6-16-11-15-4-5-17-11/h1-3,10H,4-6H2,(H,15,16). The van der Waals surface area contributed by atoms with E-state index in [-0.39, 0.29) is 10.6 Å². The minimum absolute atomic E-state index is 0.119. The summed E-state index contributed by atoms with van der Waals surface area (Å²) in [7, 11) is 0. The highest BCUT2D eigenvalue weighted by Crippen LogP contribution is 2.29. The highest BCUT2D eigenvalue weighted by atomic mass is 35.5. The second kappa shape index (κ2) is 5.69. The summed E-state index contributed by atoms with van der Waals surface area (Å²) in [5, 5.41) is 4.08. The summed E-state index contributed by atoms with van der Waals surface area (Å²) >= 11 is 7.55. The maximum absolute atomic E-state index is 12.6. The Morgan fingerprint density at radius 2 is 2.29 bits per heavy atom. The van der Waals surface area contributed by atoms with Gasteiger partial charge in [-0.05, 0) is 5.56 Å². The topological polar surface area (TPSA) is 24.4 Å². The number of nitrogens with one attached hydrogen (secondary N) is 1. The third-order valence-corrected chi connectivity index (χ3v) is 3.75. The average Bonchev–Trinajstić information content (AvgIpc) is 2.80. The van der Waals surface area contributed by atoms with Crippen LogP contribution in [0, 0.1) is 0 Å². The number of hydrogen-bond donors (Lipinski definition) is 1. The van der Waals surface area contributed by atoms with Gasteiger partial charge in [-0.3, -0.25) is 4.99 Å². The van der Waals surface area contributed by atoms with E-state index >= 15 is 0 Å². The summed E-state index contributed by atoms with van der Waals surface area (Å²) in [6.07, 6.45) is -2.54. The molecule has 1 N–H and O–H groups in total. The smallest absolute Gasteiger partial charge is 0.265 e. The van der Waals surface area contributed by atoms with Crippen molar-refractivity contribution in [3.63, 3.8) is 0 Å². The van der Waals surface area contributed by atoms with Crippen LogP contribution in [-0.2, 0) is 6.54 Å². The molecule has 0 saturated carbocycles. The summed E-state index contributed by atoms with van der Waals surface area (Å²) in [5.41, 5.74) is 0.548. The van der Waals surface area contributed by atoms with E-state index in [1.54, 1.807) is 23.9 Å². The molecule has 0 fully saturated rings. The van der Waals surface area contributed by atoms with Crippen molar-refractivity contribution in [3.8, 4) is 0 Å². The van der Waals surface area contributed by atoms with E-state index < -0.39 is 6.43 Å². The van der Waals surface area contributed by atoms with Crippen molar-refractivity contribution in [2.24, 2.45) is 4.99 Å². The predicted octanol–water partition coefficient (Wildman–Crippen LogP) is 3.47. The van der Waals surface area contributed by atoms with E-state index in [2.05, 4.69) is 10.3 Å². The summed E-state index contributed by atoms with van der Waals surface area (Å²) in [5.74, 6) is 0.965. The van der Waals surface area contributed by atoms with Gasteiger partial charge in [0.1, 0.15) is 0 Å². The molecule has 0 aliphatic carbocycles. The zero-order chi connectivity index (χ0) is 12.3. The molecule has 0 atom stereocenters. The molecule has 1 aliphatic rings. The number of halogens is 3. The summed E-state index contributed by atoms with van der Waals surface area (Å²) in [6, 6.07) is 4.67. The van der Waals surface area contributed by atoms with Crippen LogP contribution in [0.4, 0.5) is 8.78 Å². The second-order valence-electron chi connectivity index (χ2n) is 3.51. The first-order chi connectivity index (χ1) is 8.18. The number of aliphatic imine (C=N–C) groups is 1. The average molecular weight is 277 g/mol. The SMILES string of the molecule is FC(F)c1cccc(CNC2=NCCS2)c1Cl. The Kier molecular flexibility index (Phi) is 4.23. The van der Waals surface area contributed by atoms with Crippen LogP contribution in [0.25, 0.3) is 0 Å². The highest BCUT2D eigenvalue weighted by molar-refractivity contribution is 8.14. The van der Waals surface area contributed by atoms with Gasteiger partial charge in [0.2, 0.25) is 0 Å². The summed E-state index contributed by atoms with van der Waals surface area (Å²) < 4.78 is 25.2. The van der Waals surface area contributed by atoms with Gasteiger partial charge in [0.25, 0.3) is 6.43 Å². The molecule has 0 unspecified atom stereocenters. The molecule has 0 bridgehead atoms. The van der Waals surface area contributed by atoms with Crippen LogP contribution in [0.5, 0.6) is 0 Å². The van der Waals surface area contributed by atoms with Crippen LogP contribution < -0.4 is 5.32 Å². The zero-order valence-electron chi connectivity index (χ0n) is 8.92. The first kappa shape index (κ1) is 12.6. The lowest BCUT2D eigenvalue weighted by Gasteiger charge is -2.10. The first-order valence-electron chi connectivity index (χ1n) is 5.15. The molecule has 0 saturated heterocycles. The molecular formula is C11H11ClF2N2S. The molecule has 1 aliphatic heterocycles. The van der Waals surface area contributed by atoms with Crippen molar-refractivity contribution in [1.29, 1.82) is 0 Å². The van der Waals surface area contributed by atoms with Gasteiger partial charge < -0.3 is 5.32 Å². The maximum atomic E-state index is 12.6. The van der Waals surface area contributed by atoms with E-state index in [0.717, 1.165) is 17.5 Å². The van der Waals surface area contributed by atoms with Crippen molar-refractivity contribution in [3.05, 3.63) is 34.3 Å². The number of alkyl halides is 2. The Morgan fingerprint density at radius 1 is 1.47 bits per heavy atom. The predicted molar refractivity (Wildman–Crippen MR) is 68.0 cm³/mol. The minimum atomic E-state index is -2.54. The van der Waals surface area contributed by atoms with Gasteiger partial charge in [-0.25, -0.2) is 8.78 Å². The van der Waals surface area contributed by atoms with Crippen molar-refractivity contribution in [1.82, 2.24) is 5.32 Å². The van der Waals surface area contributed by atoms with Crippen molar-refractivity contribution < 1.29 is 8.78 Å². The van der Waals surface area contributed by atoms with Gasteiger partial charge in [-0.15, -0.1) is 0 Å². The Hall–Kier alpha value is -0.810. The van der Waals surface area contributed by atoms with Gasteiger partial charge >= 0.3 is 0 Å². The largest absolute Gasteiger partial charge is 0.361 e. The van der Waals surface area contributed by atoms with Crippen molar-refractivity contribution in [2.45, 2.75) is 13.0 Å². The Morgan fingerprint density at radius 3 is 2.94 bits per heavy atom. The van der Waals surface area contributed by atoms with Crippen molar-refractivity contribution in [2.75, 3.05) is 12.3 Å². The molecule has 0 radical (unpaired) electrons. The molecule has 6 heteroatoms. The Bertz CT molecular complexity index is 437. The molecule has 17 heavy (non-hydrogen) atoms. The van der Waals surface area contributed by atoms with E-state index in [1.807, 2.05) is 0 Å². The van der Waals surface area contributed by atoms with Crippen LogP contribution in [-0.4, -0.2) is 17.5 Å². The monoisotopic (exact) mass is 276 g/mol. The van der Waals surface area contributed by atoms with Crippen LogP contribution >= 0.6 is 23.4 Å². The number of nitrogens with zero attached hydrogens (tertiary/aromatic N) is 1.